The van der Waals surface area contributed by atoms with Crippen LogP contribution >= 0.6 is 0 Å². The van der Waals surface area contributed by atoms with Crippen molar-refractivity contribution in [1.82, 2.24) is 4.98 Å². The number of aromatic nitrogens is 1. The summed E-state index contributed by atoms with van der Waals surface area (Å²) in [5.41, 5.74) is 2.30. The summed E-state index contributed by atoms with van der Waals surface area (Å²) in [5.74, 6) is 6.88. The van der Waals surface area contributed by atoms with Crippen LogP contribution in [-0.2, 0) is 18.4 Å². The molecule has 29 heavy (non-hydrogen) atoms. The first-order chi connectivity index (χ1) is 14.0. The number of nitrogens with zero attached hydrogens (tertiary/aromatic N) is 1. The van der Waals surface area contributed by atoms with E-state index in [9.17, 15) is 10.2 Å². The smallest absolute Gasteiger partial charge is 0.151 e. The van der Waals surface area contributed by atoms with Crippen molar-refractivity contribution in [3.05, 3.63) is 59.4 Å². The van der Waals surface area contributed by atoms with Crippen LogP contribution in [0.1, 0.15) is 56.2 Å². The van der Waals surface area contributed by atoms with Crippen LogP contribution in [0.3, 0.4) is 0 Å². The summed E-state index contributed by atoms with van der Waals surface area (Å²) in [4.78, 5) is 4.04. The van der Waals surface area contributed by atoms with Gasteiger partial charge in [0.2, 0.25) is 0 Å². The molecule has 1 heterocycles. The fraction of sp³-hybridized carbons (Fsp3) is 0.480. The molecule has 1 fully saturated rings. The molecule has 4 nitrogen and oxygen atoms in total. The van der Waals surface area contributed by atoms with E-state index in [2.05, 4.69) is 35.9 Å². The number of ether oxygens (including phenoxy) is 1. The predicted molar refractivity (Wildman–Crippen MR) is 112 cm³/mol. The van der Waals surface area contributed by atoms with Crippen LogP contribution in [0.25, 0.3) is 0 Å². The molecule has 2 N–H and O–H groups in total. The minimum Gasteiger partial charge on any atom is -0.489 e. The third-order valence-corrected chi connectivity index (χ3v) is 6.95. The van der Waals surface area contributed by atoms with E-state index in [0.29, 0.717) is 25.4 Å². The molecule has 0 unspecified atom stereocenters. The van der Waals surface area contributed by atoms with Crippen LogP contribution < -0.4 is 4.74 Å². The van der Waals surface area contributed by atoms with Gasteiger partial charge in [0.1, 0.15) is 12.4 Å². The van der Waals surface area contributed by atoms with Crippen molar-refractivity contribution in [1.29, 1.82) is 0 Å². The molecule has 1 saturated carbocycles. The Kier molecular flexibility index (Phi) is 5.38. The molecule has 0 amide bonds. The highest BCUT2D eigenvalue weighted by Crippen LogP contribution is 2.54. The molecule has 4 rings (SSSR count). The number of hydrogen-bond acceptors (Lipinski definition) is 4. The summed E-state index contributed by atoms with van der Waals surface area (Å²) in [7, 11) is 0. The van der Waals surface area contributed by atoms with Crippen LogP contribution in [0, 0.1) is 17.8 Å². The lowest BCUT2D eigenvalue weighted by molar-refractivity contribution is -0.106. The summed E-state index contributed by atoms with van der Waals surface area (Å²) in [6.45, 7) is 4.43. The predicted octanol–water partition coefficient (Wildman–Crippen LogP) is 3.78. The van der Waals surface area contributed by atoms with Crippen molar-refractivity contribution in [3.8, 4) is 17.6 Å². The van der Waals surface area contributed by atoms with Gasteiger partial charge in [0, 0.05) is 17.8 Å². The lowest BCUT2D eigenvalue weighted by Gasteiger charge is -2.53. The number of rotatable bonds is 4. The minimum atomic E-state index is -1.29. The molecule has 0 saturated heterocycles. The fourth-order valence-electron chi connectivity index (χ4n) is 5.40. The van der Waals surface area contributed by atoms with Gasteiger partial charge < -0.3 is 14.9 Å². The first-order valence-electron chi connectivity index (χ1n) is 10.5. The summed E-state index contributed by atoms with van der Waals surface area (Å²) < 4.78 is 6.01. The quantitative estimate of drug-likeness (QED) is 0.779. The van der Waals surface area contributed by atoms with Crippen molar-refractivity contribution in [2.24, 2.45) is 5.92 Å². The van der Waals surface area contributed by atoms with Gasteiger partial charge in [0.25, 0.3) is 0 Å². The Bertz CT molecular complexity index is 932. The maximum absolute atomic E-state index is 10.9. The van der Waals surface area contributed by atoms with Crippen molar-refractivity contribution < 1.29 is 14.9 Å². The third-order valence-electron chi connectivity index (χ3n) is 6.95. The van der Waals surface area contributed by atoms with Crippen LogP contribution in [0.5, 0.6) is 5.75 Å². The lowest BCUT2D eigenvalue weighted by atomic mass is 9.52. The molecule has 4 atom stereocenters. The minimum absolute atomic E-state index is 0.113. The Hall–Kier alpha value is -2.35. The zero-order valence-corrected chi connectivity index (χ0v) is 17.2. The van der Waals surface area contributed by atoms with Crippen LogP contribution in [-0.4, -0.2) is 26.9 Å². The van der Waals surface area contributed by atoms with E-state index in [-0.39, 0.29) is 5.41 Å². The summed E-state index contributed by atoms with van der Waals surface area (Å²) >= 11 is 0. The van der Waals surface area contributed by atoms with Gasteiger partial charge >= 0.3 is 0 Å². The number of hydrogen-bond donors (Lipinski definition) is 2. The second-order valence-corrected chi connectivity index (χ2v) is 8.43. The maximum Gasteiger partial charge on any atom is 0.151 e. The van der Waals surface area contributed by atoms with Crippen molar-refractivity contribution in [2.75, 3.05) is 0 Å². The first kappa shape index (κ1) is 19.9. The van der Waals surface area contributed by atoms with E-state index in [4.69, 9.17) is 4.74 Å². The second-order valence-electron chi connectivity index (χ2n) is 8.43. The number of aliphatic hydroxyl groups excluding tert-OH is 1. The molecular weight excluding hydrogens is 362 g/mol. The molecule has 2 aliphatic carbocycles. The highest BCUT2D eigenvalue weighted by Gasteiger charge is 2.54. The Labute approximate surface area is 173 Å². The normalized spacial score (nSPS) is 30.5. The molecule has 2 aliphatic rings. The number of benzene rings is 1. The van der Waals surface area contributed by atoms with E-state index < -0.39 is 11.7 Å². The average molecular weight is 392 g/mol. The van der Waals surface area contributed by atoms with Crippen LogP contribution in [0.15, 0.2) is 42.7 Å². The van der Waals surface area contributed by atoms with Crippen LogP contribution in [0.2, 0.25) is 0 Å². The van der Waals surface area contributed by atoms with Gasteiger partial charge in [-0.15, -0.1) is 5.92 Å². The van der Waals surface area contributed by atoms with E-state index >= 15 is 0 Å². The number of aryl methyl sites for hydroxylation is 1. The Morgan fingerprint density at radius 2 is 2.00 bits per heavy atom. The SMILES string of the molecule is CC#C[C@]1(O)C[C@H]2CCc3cc(OCc4ccncc4)ccc3[C@]2(CC)C[C@@H]1O. The molecule has 152 valence electrons. The lowest BCUT2D eigenvalue weighted by Crippen LogP contribution is -2.57. The van der Waals surface area contributed by atoms with Crippen molar-refractivity contribution in [2.45, 2.75) is 69.7 Å². The zero-order chi connectivity index (χ0) is 20.5. The molecule has 0 aliphatic heterocycles. The molecule has 1 aromatic heterocycles. The third kappa shape index (κ3) is 3.54. The highest BCUT2D eigenvalue weighted by atomic mass is 16.5. The van der Waals surface area contributed by atoms with Gasteiger partial charge in [-0.05, 0) is 85.9 Å². The monoisotopic (exact) mass is 391 g/mol. The first-order valence-corrected chi connectivity index (χ1v) is 10.5. The van der Waals surface area contributed by atoms with Gasteiger partial charge in [-0.2, -0.15) is 0 Å². The van der Waals surface area contributed by atoms with Gasteiger partial charge in [0.15, 0.2) is 5.60 Å². The van der Waals surface area contributed by atoms with E-state index in [1.807, 2.05) is 18.2 Å². The van der Waals surface area contributed by atoms with Crippen molar-refractivity contribution in [3.63, 3.8) is 0 Å². The summed E-state index contributed by atoms with van der Waals surface area (Å²) in [6, 6.07) is 10.3. The van der Waals surface area contributed by atoms with Crippen molar-refractivity contribution >= 4 is 0 Å². The highest BCUT2D eigenvalue weighted by molar-refractivity contribution is 5.44. The Morgan fingerprint density at radius 3 is 2.72 bits per heavy atom. The standard InChI is InChI=1S/C25H29NO3/c1-3-11-25(28)15-20-6-5-19-14-21(29-17-18-9-12-26-13-10-18)7-8-22(19)24(20,4-2)16-23(25)27/h7-10,12-14,20,23,27-28H,4-6,15-17H2,1-2H3/t20-,23+,24-,25+/m1/s1. The number of aliphatic hydroxyl groups is 2. The summed E-state index contributed by atoms with van der Waals surface area (Å²) in [5, 5.41) is 21.7. The average Bonchev–Trinajstić information content (AvgIpc) is 2.74. The van der Waals surface area contributed by atoms with E-state index in [1.54, 1.807) is 19.3 Å². The molecule has 2 aromatic rings. The number of fused-ring (bicyclic) bond motifs is 3. The number of pyridine rings is 1. The molecule has 1 aromatic carbocycles. The molecular formula is C25H29NO3. The van der Waals surface area contributed by atoms with E-state index in [1.165, 1.54) is 11.1 Å². The Morgan fingerprint density at radius 1 is 1.21 bits per heavy atom. The van der Waals surface area contributed by atoms with Gasteiger partial charge in [-0.25, -0.2) is 0 Å². The van der Waals surface area contributed by atoms with E-state index in [0.717, 1.165) is 30.6 Å². The molecule has 0 bridgehead atoms. The molecule has 0 radical (unpaired) electrons. The fourth-order valence-corrected chi connectivity index (χ4v) is 5.40. The largest absolute Gasteiger partial charge is 0.489 e. The zero-order valence-electron chi connectivity index (χ0n) is 17.2. The molecule has 0 spiro atoms. The Balaban J connectivity index is 1.60. The van der Waals surface area contributed by atoms with Gasteiger partial charge in [-0.1, -0.05) is 18.9 Å². The maximum atomic E-state index is 10.9. The van der Waals surface area contributed by atoms with Gasteiger partial charge in [0.05, 0.1) is 6.10 Å². The molecule has 4 heteroatoms. The second kappa shape index (κ2) is 7.82. The summed E-state index contributed by atoms with van der Waals surface area (Å²) in [6.07, 6.45) is 6.68. The topological polar surface area (TPSA) is 62.6 Å². The van der Waals surface area contributed by atoms with Crippen LogP contribution in [0.4, 0.5) is 0 Å². The van der Waals surface area contributed by atoms with Gasteiger partial charge in [-0.3, -0.25) is 4.98 Å².